The third-order valence-corrected chi connectivity index (χ3v) is 3.16. The van der Waals surface area contributed by atoms with Gasteiger partial charge in [0.2, 0.25) is 0 Å². The summed E-state index contributed by atoms with van der Waals surface area (Å²) < 4.78 is 10.2. The lowest BCUT2D eigenvalue weighted by atomic mass is 9.69. The van der Waals surface area contributed by atoms with Crippen LogP contribution in [-0.4, -0.2) is 25.2 Å². The maximum absolute atomic E-state index is 12.3. The molecule has 19 heavy (non-hydrogen) atoms. The quantitative estimate of drug-likeness (QED) is 0.386. The van der Waals surface area contributed by atoms with Gasteiger partial charge in [0.15, 0.2) is 5.41 Å². The number of hydrogen-bond acceptors (Lipinski definition) is 4. The molecule has 0 heterocycles. The molecule has 0 saturated carbocycles. The second kappa shape index (κ2) is 7.77. The van der Waals surface area contributed by atoms with E-state index in [0.29, 0.717) is 0 Å². The van der Waals surface area contributed by atoms with E-state index in [2.05, 4.69) is 13.2 Å². The molecule has 0 aromatic heterocycles. The molecule has 0 amide bonds. The smallest absolute Gasteiger partial charge is 0.324 e. The lowest BCUT2D eigenvalue weighted by Crippen LogP contribution is -2.50. The standard InChI is InChI=1S/C15H24O4/c1-7-9-18-13(16)15(11(3)4,12(5)6)14(17)19-10-8-2/h7-8,11-12H,1-2,9-10H2,3-6H3. The molecule has 0 fully saturated rings. The van der Waals surface area contributed by atoms with Crippen LogP contribution in [0.25, 0.3) is 0 Å². The molecule has 0 radical (unpaired) electrons. The molecule has 0 aliphatic rings. The van der Waals surface area contributed by atoms with Gasteiger partial charge in [-0.1, -0.05) is 53.0 Å². The van der Waals surface area contributed by atoms with Crippen LogP contribution in [0.5, 0.6) is 0 Å². The molecule has 4 heteroatoms. The van der Waals surface area contributed by atoms with E-state index in [1.54, 1.807) is 0 Å². The third kappa shape index (κ3) is 3.69. The maximum atomic E-state index is 12.3. The second-order valence-corrected chi connectivity index (χ2v) is 4.95. The summed E-state index contributed by atoms with van der Waals surface area (Å²) in [5.74, 6) is -1.60. The van der Waals surface area contributed by atoms with Gasteiger partial charge in [-0.2, -0.15) is 0 Å². The maximum Gasteiger partial charge on any atom is 0.324 e. The number of carbonyl (C=O) groups excluding carboxylic acids is 2. The van der Waals surface area contributed by atoms with E-state index in [-0.39, 0.29) is 25.0 Å². The SMILES string of the molecule is C=CCOC(=O)C(C(=O)OCC=C)(C(C)C)C(C)C. The van der Waals surface area contributed by atoms with Crippen LogP contribution in [0.1, 0.15) is 27.7 Å². The van der Waals surface area contributed by atoms with Gasteiger partial charge in [0, 0.05) is 0 Å². The Hall–Kier alpha value is -1.58. The molecule has 0 aromatic rings. The van der Waals surface area contributed by atoms with Gasteiger partial charge < -0.3 is 9.47 Å². The van der Waals surface area contributed by atoms with Gasteiger partial charge in [0.05, 0.1) is 0 Å². The van der Waals surface area contributed by atoms with Crippen LogP contribution in [0.3, 0.4) is 0 Å². The van der Waals surface area contributed by atoms with Crippen molar-refractivity contribution in [2.75, 3.05) is 13.2 Å². The first-order chi connectivity index (χ1) is 8.85. The van der Waals surface area contributed by atoms with Crippen molar-refractivity contribution in [2.24, 2.45) is 17.3 Å². The Morgan fingerprint density at radius 2 is 1.26 bits per heavy atom. The van der Waals surface area contributed by atoms with Crippen LogP contribution in [-0.2, 0) is 19.1 Å². The van der Waals surface area contributed by atoms with Crippen molar-refractivity contribution >= 4 is 11.9 Å². The minimum absolute atomic E-state index is 0.0781. The molecule has 0 atom stereocenters. The molecular weight excluding hydrogens is 244 g/mol. The molecule has 4 nitrogen and oxygen atoms in total. The number of esters is 2. The fourth-order valence-electron chi connectivity index (χ4n) is 2.20. The van der Waals surface area contributed by atoms with Crippen LogP contribution < -0.4 is 0 Å². The van der Waals surface area contributed by atoms with Crippen LogP contribution in [0, 0.1) is 17.3 Å². The first-order valence-electron chi connectivity index (χ1n) is 6.41. The van der Waals surface area contributed by atoms with Crippen LogP contribution >= 0.6 is 0 Å². The topological polar surface area (TPSA) is 52.6 Å². The van der Waals surface area contributed by atoms with Crippen molar-refractivity contribution in [3.05, 3.63) is 25.3 Å². The lowest BCUT2D eigenvalue weighted by molar-refractivity contribution is -0.179. The Morgan fingerprint density at radius 1 is 0.947 bits per heavy atom. The highest BCUT2D eigenvalue weighted by molar-refractivity contribution is 6.00. The highest BCUT2D eigenvalue weighted by Crippen LogP contribution is 2.38. The zero-order valence-electron chi connectivity index (χ0n) is 12.3. The van der Waals surface area contributed by atoms with E-state index in [4.69, 9.17) is 9.47 Å². The second-order valence-electron chi connectivity index (χ2n) is 4.95. The molecule has 0 N–H and O–H groups in total. The monoisotopic (exact) mass is 268 g/mol. The van der Waals surface area contributed by atoms with E-state index >= 15 is 0 Å². The number of rotatable bonds is 8. The summed E-state index contributed by atoms with van der Waals surface area (Å²) >= 11 is 0. The van der Waals surface area contributed by atoms with Crippen LogP contribution in [0.15, 0.2) is 25.3 Å². The van der Waals surface area contributed by atoms with E-state index in [9.17, 15) is 9.59 Å². The predicted molar refractivity (Wildman–Crippen MR) is 74.4 cm³/mol. The molecule has 0 spiro atoms. The Balaban J connectivity index is 5.41. The molecule has 0 bridgehead atoms. The predicted octanol–water partition coefficient (Wildman–Crippen LogP) is 2.74. The molecule has 0 unspecified atom stereocenters. The summed E-state index contributed by atoms with van der Waals surface area (Å²) in [6.07, 6.45) is 2.94. The lowest BCUT2D eigenvalue weighted by Gasteiger charge is -2.35. The average molecular weight is 268 g/mol. The van der Waals surface area contributed by atoms with Crippen LogP contribution in [0.2, 0.25) is 0 Å². The fraction of sp³-hybridized carbons (Fsp3) is 0.600. The summed E-state index contributed by atoms with van der Waals surface area (Å²) in [7, 11) is 0. The largest absolute Gasteiger partial charge is 0.461 e. The Morgan fingerprint density at radius 3 is 1.47 bits per heavy atom. The summed E-state index contributed by atoms with van der Waals surface area (Å²) in [6, 6.07) is 0. The highest BCUT2D eigenvalue weighted by atomic mass is 16.6. The van der Waals surface area contributed by atoms with Gasteiger partial charge in [-0.25, -0.2) is 0 Å². The Kier molecular flexibility index (Phi) is 7.12. The van der Waals surface area contributed by atoms with E-state index in [0.717, 1.165) is 0 Å². The van der Waals surface area contributed by atoms with E-state index in [1.807, 2.05) is 27.7 Å². The normalized spacial score (nSPS) is 11.3. The molecule has 0 aliphatic heterocycles. The summed E-state index contributed by atoms with van der Waals surface area (Å²) in [5.41, 5.74) is -1.30. The molecule has 0 aromatic carbocycles. The first kappa shape index (κ1) is 17.4. The third-order valence-electron chi connectivity index (χ3n) is 3.16. The van der Waals surface area contributed by atoms with Crippen molar-refractivity contribution in [1.82, 2.24) is 0 Å². The zero-order valence-corrected chi connectivity index (χ0v) is 12.3. The van der Waals surface area contributed by atoms with Crippen LogP contribution in [0.4, 0.5) is 0 Å². The summed E-state index contributed by atoms with van der Waals surface area (Å²) in [4.78, 5) is 24.6. The average Bonchev–Trinajstić information content (AvgIpc) is 2.33. The van der Waals surface area contributed by atoms with Crippen molar-refractivity contribution in [1.29, 1.82) is 0 Å². The van der Waals surface area contributed by atoms with Crippen molar-refractivity contribution in [3.8, 4) is 0 Å². The van der Waals surface area contributed by atoms with Gasteiger partial charge in [0.25, 0.3) is 0 Å². The molecule has 0 rings (SSSR count). The first-order valence-corrected chi connectivity index (χ1v) is 6.41. The van der Waals surface area contributed by atoms with Gasteiger partial charge in [0.1, 0.15) is 13.2 Å². The van der Waals surface area contributed by atoms with E-state index in [1.165, 1.54) is 12.2 Å². The number of carbonyl (C=O) groups is 2. The molecule has 0 saturated heterocycles. The van der Waals surface area contributed by atoms with Gasteiger partial charge >= 0.3 is 11.9 Å². The zero-order chi connectivity index (χ0) is 15.1. The molecule has 0 aliphatic carbocycles. The summed E-state index contributed by atoms with van der Waals surface area (Å²) in [5, 5.41) is 0. The summed E-state index contributed by atoms with van der Waals surface area (Å²) in [6.45, 7) is 14.4. The number of ether oxygens (including phenoxy) is 2. The Bertz CT molecular complexity index is 308. The van der Waals surface area contributed by atoms with Crippen molar-refractivity contribution < 1.29 is 19.1 Å². The fourth-order valence-corrected chi connectivity index (χ4v) is 2.20. The minimum Gasteiger partial charge on any atom is -0.461 e. The van der Waals surface area contributed by atoms with Gasteiger partial charge in [-0.05, 0) is 11.8 Å². The minimum atomic E-state index is -1.30. The van der Waals surface area contributed by atoms with E-state index < -0.39 is 17.4 Å². The van der Waals surface area contributed by atoms with Crippen molar-refractivity contribution in [2.45, 2.75) is 27.7 Å². The van der Waals surface area contributed by atoms with Gasteiger partial charge in [-0.15, -0.1) is 0 Å². The molecule has 108 valence electrons. The van der Waals surface area contributed by atoms with Gasteiger partial charge in [-0.3, -0.25) is 9.59 Å². The van der Waals surface area contributed by atoms with Crippen molar-refractivity contribution in [3.63, 3.8) is 0 Å². The highest BCUT2D eigenvalue weighted by Gasteiger charge is 2.54. The number of hydrogen-bond donors (Lipinski definition) is 0. The molecular formula is C15H24O4. The Labute approximate surface area is 115 Å².